The summed E-state index contributed by atoms with van der Waals surface area (Å²) in [6.07, 6.45) is 2.90. The zero-order chi connectivity index (χ0) is 9.14. The Balaban J connectivity index is 2.88. The molecule has 0 amide bonds. The van der Waals surface area contributed by atoms with Crippen LogP contribution in [0.4, 0.5) is 5.82 Å². The van der Waals surface area contributed by atoms with Crippen molar-refractivity contribution in [2.75, 3.05) is 5.73 Å². The Labute approximate surface area is 71.4 Å². The average Bonchev–Trinajstić information content (AvgIpc) is 2.34. The van der Waals surface area contributed by atoms with Crippen LogP contribution in [-0.4, -0.2) is 15.6 Å². The Morgan fingerprint density at radius 3 is 2.83 bits per heavy atom. The minimum absolute atomic E-state index is 0.0723. The number of carbonyl (C=O) groups is 1. The Morgan fingerprint density at radius 1 is 1.75 bits per heavy atom. The minimum atomic E-state index is 0.0723. The van der Waals surface area contributed by atoms with Crippen LogP contribution in [0.2, 0.25) is 0 Å². The molecule has 1 aromatic heterocycles. The summed E-state index contributed by atoms with van der Waals surface area (Å²) in [6.45, 7) is 1.96. The number of nitrogen functional groups attached to an aromatic ring is 1. The predicted molar refractivity (Wildman–Crippen MR) is 46.9 cm³/mol. The van der Waals surface area contributed by atoms with E-state index >= 15 is 0 Å². The van der Waals surface area contributed by atoms with E-state index in [0.717, 1.165) is 6.42 Å². The summed E-state index contributed by atoms with van der Waals surface area (Å²) >= 11 is 0. The number of carbonyl (C=O) groups excluding carboxylic acids is 1. The van der Waals surface area contributed by atoms with E-state index in [4.69, 9.17) is 5.73 Å². The molecular weight excluding hydrogens is 154 g/mol. The molecule has 0 aliphatic heterocycles. The fourth-order valence-corrected chi connectivity index (χ4v) is 1.02. The first-order valence-corrected chi connectivity index (χ1v) is 3.97. The number of nitrogens with two attached hydrogens (primary N) is 1. The molecule has 0 saturated carbocycles. The number of ketones is 1. The van der Waals surface area contributed by atoms with E-state index in [1.54, 1.807) is 7.05 Å². The average molecular weight is 167 g/mol. The molecule has 0 aromatic carbocycles. The molecule has 1 heterocycles. The first kappa shape index (κ1) is 8.77. The molecular formula is C8H13N3O. The number of aryl methyl sites for hydroxylation is 1. The molecule has 1 aromatic rings. The van der Waals surface area contributed by atoms with Gasteiger partial charge in [-0.2, -0.15) is 5.10 Å². The molecule has 2 N–H and O–H groups in total. The van der Waals surface area contributed by atoms with Crippen molar-refractivity contribution in [3.05, 3.63) is 11.8 Å². The lowest BCUT2D eigenvalue weighted by molar-refractivity contribution is 0.0982. The minimum Gasteiger partial charge on any atom is -0.383 e. The fourth-order valence-electron chi connectivity index (χ4n) is 1.02. The van der Waals surface area contributed by atoms with Gasteiger partial charge in [0, 0.05) is 13.5 Å². The third-order valence-electron chi connectivity index (χ3n) is 1.76. The summed E-state index contributed by atoms with van der Waals surface area (Å²) in [5.74, 6) is 0.525. The van der Waals surface area contributed by atoms with E-state index in [1.807, 2.05) is 6.92 Å². The van der Waals surface area contributed by atoms with Crippen LogP contribution < -0.4 is 5.73 Å². The van der Waals surface area contributed by atoms with Gasteiger partial charge in [0.15, 0.2) is 5.78 Å². The lowest BCUT2D eigenvalue weighted by atomic mass is 10.1. The smallest absolute Gasteiger partial charge is 0.168 e. The number of rotatable bonds is 3. The Hall–Kier alpha value is -1.32. The van der Waals surface area contributed by atoms with Crippen molar-refractivity contribution in [3.63, 3.8) is 0 Å². The second kappa shape index (κ2) is 3.38. The highest BCUT2D eigenvalue weighted by Gasteiger charge is 2.11. The second-order valence-electron chi connectivity index (χ2n) is 2.74. The van der Waals surface area contributed by atoms with E-state index in [2.05, 4.69) is 5.10 Å². The Kier molecular flexibility index (Phi) is 2.47. The molecule has 1 rings (SSSR count). The quantitative estimate of drug-likeness (QED) is 0.683. The number of anilines is 1. The van der Waals surface area contributed by atoms with Crippen LogP contribution in [0.25, 0.3) is 0 Å². The molecule has 0 unspecified atom stereocenters. The highest BCUT2D eigenvalue weighted by atomic mass is 16.1. The lowest BCUT2D eigenvalue weighted by Crippen LogP contribution is -2.04. The van der Waals surface area contributed by atoms with E-state index in [-0.39, 0.29) is 5.78 Å². The van der Waals surface area contributed by atoms with Crippen molar-refractivity contribution in [2.24, 2.45) is 7.05 Å². The summed E-state index contributed by atoms with van der Waals surface area (Å²) in [5.41, 5.74) is 6.15. The molecule has 12 heavy (non-hydrogen) atoms. The van der Waals surface area contributed by atoms with Crippen molar-refractivity contribution in [1.29, 1.82) is 0 Å². The normalized spacial score (nSPS) is 10.2. The summed E-state index contributed by atoms with van der Waals surface area (Å²) in [4.78, 5) is 11.3. The SMILES string of the molecule is CCCC(=O)c1cnn(C)c1N. The van der Waals surface area contributed by atoms with Crippen LogP contribution in [0.15, 0.2) is 6.20 Å². The Bertz CT molecular complexity index is 290. The van der Waals surface area contributed by atoms with Gasteiger partial charge in [-0.3, -0.25) is 9.48 Å². The van der Waals surface area contributed by atoms with Gasteiger partial charge in [-0.1, -0.05) is 6.92 Å². The van der Waals surface area contributed by atoms with E-state index in [1.165, 1.54) is 10.9 Å². The molecule has 0 spiro atoms. The Morgan fingerprint density at radius 2 is 2.42 bits per heavy atom. The largest absolute Gasteiger partial charge is 0.383 e. The first-order chi connectivity index (χ1) is 5.66. The number of aromatic nitrogens is 2. The summed E-state index contributed by atoms with van der Waals surface area (Å²) in [7, 11) is 1.72. The number of nitrogens with zero attached hydrogens (tertiary/aromatic N) is 2. The van der Waals surface area contributed by atoms with Crippen LogP contribution in [0.5, 0.6) is 0 Å². The van der Waals surface area contributed by atoms with Crippen molar-refractivity contribution in [1.82, 2.24) is 9.78 Å². The van der Waals surface area contributed by atoms with Crippen LogP contribution in [-0.2, 0) is 7.05 Å². The molecule has 0 fully saturated rings. The molecule has 0 bridgehead atoms. The van der Waals surface area contributed by atoms with Gasteiger partial charge in [0.2, 0.25) is 0 Å². The van der Waals surface area contributed by atoms with Gasteiger partial charge in [0.05, 0.1) is 11.8 Å². The molecule has 0 aliphatic carbocycles. The molecule has 4 nitrogen and oxygen atoms in total. The van der Waals surface area contributed by atoms with Crippen molar-refractivity contribution < 1.29 is 4.79 Å². The van der Waals surface area contributed by atoms with Gasteiger partial charge in [-0.05, 0) is 6.42 Å². The highest BCUT2D eigenvalue weighted by Crippen LogP contribution is 2.12. The van der Waals surface area contributed by atoms with Gasteiger partial charge >= 0.3 is 0 Å². The predicted octanol–water partition coefficient (Wildman–Crippen LogP) is 0.985. The maximum Gasteiger partial charge on any atom is 0.168 e. The fraction of sp³-hybridized carbons (Fsp3) is 0.500. The maximum absolute atomic E-state index is 11.3. The van der Waals surface area contributed by atoms with Gasteiger partial charge in [-0.25, -0.2) is 0 Å². The molecule has 4 heteroatoms. The van der Waals surface area contributed by atoms with Crippen molar-refractivity contribution in [2.45, 2.75) is 19.8 Å². The van der Waals surface area contributed by atoms with Crippen LogP contribution in [0.1, 0.15) is 30.1 Å². The first-order valence-electron chi connectivity index (χ1n) is 3.97. The second-order valence-corrected chi connectivity index (χ2v) is 2.74. The van der Waals surface area contributed by atoms with Crippen LogP contribution in [0.3, 0.4) is 0 Å². The third kappa shape index (κ3) is 1.47. The van der Waals surface area contributed by atoms with E-state index in [0.29, 0.717) is 17.8 Å². The third-order valence-corrected chi connectivity index (χ3v) is 1.76. The highest BCUT2D eigenvalue weighted by molar-refractivity contribution is 5.99. The van der Waals surface area contributed by atoms with Crippen LogP contribution >= 0.6 is 0 Å². The molecule has 0 radical (unpaired) electrons. The summed E-state index contributed by atoms with van der Waals surface area (Å²) < 4.78 is 1.50. The molecule has 0 atom stereocenters. The molecule has 66 valence electrons. The van der Waals surface area contributed by atoms with Crippen molar-refractivity contribution in [3.8, 4) is 0 Å². The number of hydrogen-bond donors (Lipinski definition) is 1. The molecule has 0 aliphatic rings. The number of Topliss-reactive ketones (excluding diaryl/α,β-unsaturated/α-hetero) is 1. The van der Waals surface area contributed by atoms with E-state index < -0.39 is 0 Å². The summed E-state index contributed by atoms with van der Waals surface area (Å²) in [5, 5.41) is 3.89. The zero-order valence-electron chi connectivity index (χ0n) is 7.37. The lowest BCUT2D eigenvalue weighted by Gasteiger charge is -1.97. The zero-order valence-corrected chi connectivity index (χ0v) is 7.37. The standard InChI is InChI=1S/C8H13N3O/c1-3-4-7(12)6-5-10-11(2)8(6)9/h5H,3-4,9H2,1-2H3. The monoisotopic (exact) mass is 167 g/mol. The van der Waals surface area contributed by atoms with Gasteiger partial charge in [0.1, 0.15) is 5.82 Å². The van der Waals surface area contributed by atoms with E-state index in [9.17, 15) is 4.79 Å². The van der Waals surface area contributed by atoms with Crippen LogP contribution in [0, 0.1) is 0 Å². The topological polar surface area (TPSA) is 60.9 Å². The van der Waals surface area contributed by atoms with Crippen molar-refractivity contribution >= 4 is 11.6 Å². The van der Waals surface area contributed by atoms with Gasteiger partial charge in [0.25, 0.3) is 0 Å². The number of hydrogen-bond acceptors (Lipinski definition) is 3. The maximum atomic E-state index is 11.3. The van der Waals surface area contributed by atoms with Gasteiger partial charge < -0.3 is 5.73 Å². The molecule has 0 saturated heterocycles. The summed E-state index contributed by atoms with van der Waals surface area (Å²) in [6, 6.07) is 0. The van der Waals surface area contributed by atoms with Gasteiger partial charge in [-0.15, -0.1) is 0 Å².